The molecule has 5 heteroatoms. The number of thiazole rings is 1. The number of amides is 1. The topological polar surface area (TPSA) is 51.2 Å². The summed E-state index contributed by atoms with van der Waals surface area (Å²) in [6.07, 6.45) is 0. The summed E-state index contributed by atoms with van der Waals surface area (Å²) in [6.45, 7) is 6.35. The Kier molecular flexibility index (Phi) is 4.52. The molecule has 106 valence electrons. The molecule has 1 aromatic heterocycles. The van der Waals surface area contributed by atoms with Crippen molar-refractivity contribution in [2.24, 2.45) is 0 Å². The molecule has 1 amide bonds. The summed E-state index contributed by atoms with van der Waals surface area (Å²) in [5.74, 6) is -0.120. The summed E-state index contributed by atoms with van der Waals surface area (Å²) in [4.78, 5) is 17.2. The Balaban J connectivity index is 2.17. The fourth-order valence-corrected chi connectivity index (χ4v) is 2.79. The normalized spacial score (nSPS) is 10.6. The molecule has 0 atom stereocenters. The maximum Gasteiger partial charge on any atom is 0.267 e. The Morgan fingerprint density at radius 2 is 2.05 bits per heavy atom. The number of nitrogens with zero attached hydrogens (tertiary/aromatic N) is 1. The molecule has 0 aliphatic heterocycles. The highest BCUT2D eigenvalue weighted by molar-refractivity contribution is 7.13. The van der Waals surface area contributed by atoms with Crippen LogP contribution in [-0.4, -0.2) is 18.0 Å². The molecule has 1 N–H and O–H groups in total. The van der Waals surface area contributed by atoms with Crippen LogP contribution in [0.3, 0.4) is 0 Å². The highest BCUT2D eigenvalue weighted by Gasteiger charge is 2.15. The van der Waals surface area contributed by atoms with Gasteiger partial charge >= 0.3 is 0 Å². The summed E-state index contributed by atoms with van der Waals surface area (Å²) < 4.78 is 5.04. The lowest BCUT2D eigenvalue weighted by Gasteiger charge is -2.06. The number of anilines is 1. The van der Waals surface area contributed by atoms with Crippen molar-refractivity contribution >= 4 is 22.9 Å². The second-order valence-electron chi connectivity index (χ2n) is 4.71. The molecule has 0 radical (unpaired) electrons. The van der Waals surface area contributed by atoms with Gasteiger partial charge < -0.3 is 10.1 Å². The standard InChI is InChI=1S/C15H18N2O2S/c1-9-5-6-12(7-10(9)2)17-15(18)14-11(3)16-13(20-14)8-19-4/h5-7H,8H2,1-4H3,(H,17,18). The van der Waals surface area contributed by atoms with E-state index in [1.807, 2.05) is 39.0 Å². The van der Waals surface area contributed by atoms with E-state index in [0.717, 1.165) is 22.0 Å². The minimum atomic E-state index is -0.120. The molecular formula is C15H18N2O2S. The average molecular weight is 290 g/mol. The molecular weight excluding hydrogens is 272 g/mol. The number of methoxy groups -OCH3 is 1. The van der Waals surface area contributed by atoms with E-state index in [0.29, 0.717) is 11.5 Å². The number of hydrogen-bond acceptors (Lipinski definition) is 4. The first-order valence-electron chi connectivity index (χ1n) is 6.35. The van der Waals surface area contributed by atoms with E-state index < -0.39 is 0 Å². The highest BCUT2D eigenvalue weighted by Crippen LogP contribution is 2.21. The first-order valence-corrected chi connectivity index (χ1v) is 7.16. The smallest absolute Gasteiger partial charge is 0.267 e. The van der Waals surface area contributed by atoms with Crippen LogP contribution < -0.4 is 5.32 Å². The Morgan fingerprint density at radius 1 is 1.30 bits per heavy atom. The van der Waals surface area contributed by atoms with Gasteiger partial charge in [0, 0.05) is 12.8 Å². The average Bonchev–Trinajstić information content (AvgIpc) is 2.75. The number of carbonyl (C=O) groups is 1. The Hall–Kier alpha value is -1.72. The molecule has 0 bridgehead atoms. The molecule has 0 fully saturated rings. The van der Waals surface area contributed by atoms with Gasteiger partial charge in [0.1, 0.15) is 9.88 Å². The van der Waals surface area contributed by atoms with E-state index in [9.17, 15) is 4.79 Å². The number of ether oxygens (including phenoxy) is 1. The maximum absolute atomic E-state index is 12.3. The Labute approximate surface area is 122 Å². The number of aryl methyl sites for hydroxylation is 3. The molecule has 20 heavy (non-hydrogen) atoms. The molecule has 1 aromatic carbocycles. The van der Waals surface area contributed by atoms with Gasteiger partial charge in [-0.25, -0.2) is 4.98 Å². The highest BCUT2D eigenvalue weighted by atomic mass is 32.1. The van der Waals surface area contributed by atoms with Crippen molar-refractivity contribution in [1.82, 2.24) is 4.98 Å². The van der Waals surface area contributed by atoms with Gasteiger partial charge in [-0.05, 0) is 44.0 Å². The third-order valence-corrected chi connectivity index (χ3v) is 4.21. The maximum atomic E-state index is 12.3. The van der Waals surface area contributed by atoms with Gasteiger partial charge in [0.2, 0.25) is 0 Å². The number of nitrogens with one attached hydrogen (secondary N) is 1. The van der Waals surface area contributed by atoms with Crippen molar-refractivity contribution in [3.05, 3.63) is 44.9 Å². The van der Waals surface area contributed by atoms with E-state index in [1.54, 1.807) is 7.11 Å². The van der Waals surface area contributed by atoms with Crippen molar-refractivity contribution < 1.29 is 9.53 Å². The minimum absolute atomic E-state index is 0.120. The van der Waals surface area contributed by atoms with E-state index in [-0.39, 0.29) is 5.91 Å². The zero-order valence-electron chi connectivity index (χ0n) is 12.1. The molecule has 0 unspecified atom stereocenters. The van der Waals surface area contributed by atoms with Crippen LogP contribution in [0.4, 0.5) is 5.69 Å². The van der Waals surface area contributed by atoms with E-state index in [4.69, 9.17) is 4.74 Å². The monoisotopic (exact) mass is 290 g/mol. The van der Waals surface area contributed by atoms with Crippen LogP contribution in [0.5, 0.6) is 0 Å². The Morgan fingerprint density at radius 3 is 2.70 bits per heavy atom. The zero-order chi connectivity index (χ0) is 14.7. The van der Waals surface area contributed by atoms with Crippen molar-refractivity contribution in [3.63, 3.8) is 0 Å². The van der Waals surface area contributed by atoms with Crippen molar-refractivity contribution in [2.45, 2.75) is 27.4 Å². The zero-order valence-corrected chi connectivity index (χ0v) is 12.9. The SMILES string of the molecule is COCc1nc(C)c(C(=O)Nc2ccc(C)c(C)c2)s1. The van der Waals surface area contributed by atoms with Gasteiger partial charge in [-0.2, -0.15) is 0 Å². The van der Waals surface area contributed by atoms with Crippen LogP contribution in [0.15, 0.2) is 18.2 Å². The molecule has 0 aliphatic carbocycles. The summed E-state index contributed by atoms with van der Waals surface area (Å²) >= 11 is 1.37. The fourth-order valence-electron chi connectivity index (χ4n) is 1.86. The fraction of sp³-hybridized carbons (Fsp3) is 0.333. The minimum Gasteiger partial charge on any atom is -0.378 e. The van der Waals surface area contributed by atoms with Crippen LogP contribution in [0, 0.1) is 20.8 Å². The predicted octanol–water partition coefficient (Wildman–Crippen LogP) is 3.47. The summed E-state index contributed by atoms with van der Waals surface area (Å²) in [5.41, 5.74) is 3.91. The van der Waals surface area contributed by atoms with E-state index in [2.05, 4.69) is 10.3 Å². The number of carbonyl (C=O) groups excluding carboxylic acids is 1. The second kappa shape index (κ2) is 6.15. The predicted molar refractivity (Wildman–Crippen MR) is 81.4 cm³/mol. The van der Waals surface area contributed by atoms with Crippen LogP contribution in [0.1, 0.15) is 31.5 Å². The summed E-state index contributed by atoms with van der Waals surface area (Å²) in [5, 5.41) is 3.73. The number of hydrogen-bond donors (Lipinski definition) is 1. The first kappa shape index (κ1) is 14.7. The molecule has 0 aliphatic rings. The third kappa shape index (κ3) is 3.23. The lowest BCUT2D eigenvalue weighted by Crippen LogP contribution is -2.11. The van der Waals surface area contributed by atoms with Gasteiger partial charge in [0.05, 0.1) is 12.3 Å². The van der Waals surface area contributed by atoms with Crippen LogP contribution in [-0.2, 0) is 11.3 Å². The summed E-state index contributed by atoms with van der Waals surface area (Å²) in [7, 11) is 1.62. The van der Waals surface area contributed by atoms with Gasteiger partial charge in [0.15, 0.2) is 0 Å². The molecule has 4 nitrogen and oxygen atoms in total. The van der Waals surface area contributed by atoms with Crippen LogP contribution in [0.25, 0.3) is 0 Å². The van der Waals surface area contributed by atoms with Gasteiger partial charge in [-0.1, -0.05) is 6.07 Å². The molecule has 2 aromatic rings. The quantitative estimate of drug-likeness (QED) is 0.938. The number of benzene rings is 1. The Bertz CT molecular complexity index is 635. The van der Waals surface area contributed by atoms with E-state index >= 15 is 0 Å². The van der Waals surface area contributed by atoms with Crippen molar-refractivity contribution in [2.75, 3.05) is 12.4 Å². The molecule has 1 heterocycles. The largest absolute Gasteiger partial charge is 0.378 e. The van der Waals surface area contributed by atoms with E-state index in [1.165, 1.54) is 16.9 Å². The van der Waals surface area contributed by atoms with Crippen molar-refractivity contribution in [1.29, 1.82) is 0 Å². The molecule has 2 rings (SSSR count). The van der Waals surface area contributed by atoms with Gasteiger partial charge in [0.25, 0.3) is 5.91 Å². The second-order valence-corrected chi connectivity index (χ2v) is 5.79. The molecule has 0 saturated heterocycles. The van der Waals surface area contributed by atoms with Gasteiger partial charge in [-0.15, -0.1) is 11.3 Å². The van der Waals surface area contributed by atoms with Gasteiger partial charge in [-0.3, -0.25) is 4.79 Å². The molecule has 0 saturated carbocycles. The lowest BCUT2D eigenvalue weighted by atomic mass is 10.1. The lowest BCUT2D eigenvalue weighted by molar-refractivity contribution is 0.103. The first-order chi connectivity index (χ1) is 9.51. The molecule has 0 spiro atoms. The van der Waals surface area contributed by atoms with Crippen LogP contribution in [0.2, 0.25) is 0 Å². The number of rotatable bonds is 4. The number of aromatic nitrogens is 1. The third-order valence-electron chi connectivity index (χ3n) is 3.08. The van der Waals surface area contributed by atoms with Crippen LogP contribution >= 0.6 is 11.3 Å². The van der Waals surface area contributed by atoms with Crippen molar-refractivity contribution in [3.8, 4) is 0 Å². The summed E-state index contributed by atoms with van der Waals surface area (Å²) in [6, 6.07) is 5.88.